The van der Waals surface area contributed by atoms with Crippen molar-refractivity contribution in [2.24, 2.45) is 0 Å². The van der Waals surface area contributed by atoms with Gasteiger partial charge in [0.2, 0.25) is 0 Å². The van der Waals surface area contributed by atoms with E-state index in [0.29, 0.717) is 30.1 Å². The average Bonchev–Trinajstić information content (AvgIpc) is 2.77. The molecule has 21 heavy (non-hydrogen) atoms. The van der Waals surface area contributed by atoms with E-state index in [2.05, 4.69) is 11.2 Å². The molecule has 0 atom stereocenters. The Morgan fingerprint density at radius 1 is 1.43 bits per heavy atom. The van der Waals surface area contributed by atoms with Gasteiger partial charge < -0.3 is 10.5 Å². The number of nitrogen functional groups attached to an aromatic ring is 1. The quantitative estimate of drug-likeness (QED) is 0.865. The standard InChI is InChI=1S/C15H16N4O2/c1-3-21-15(20)13-10(2)14(17)19(18-13)9-12-6-4-11(8-16)5-7-12/h4-7H,3,9,17H2,1-2H3. The fourth-order valence-electron chi connectivity index (χ4n) is 1.94. The third kappa shape index (κ3) is 3.03. The number of hydrogen-bond donors (Lipinski definition) is 1. The van der Waals surface area contributed by atoms with Crippen LogP contribution >= 0.6 is 0 Å². The van der Waals surface area contributed by atoms with Gasteiger partial charge >= 0.3 is 5.97 Å². The number of carbonyl (C=O) groups is 1. The zero-order valence-corrected chi connectivity index (χ0v) is 12.0. The normalized spacial score (nSPS) is 10.1. The fourth-order valence-corrected chi connectivity index (χ4v) is 1.94. The van der Waals surface area contributed by atoms with E-state index in [4.69, 9.17) is 15.7 Å². The molecular formula is C15H16N4O2. The minimum absolute atomic E-state index is 0.239. The number of nitriles is 1. The number of carbonyl (C=O) groups excluding carboxylic acids is 1. The number of esters is 1. The van der Waals surface area contributed by atoms with Crippen molar-refractivity contribution in [2.75, 3.05) is 12.3 Å². The first-order valence-corrected chi connectivity index (χ1v) is 6.55. The molecule has 0 radical (unpaired) electrons. The fraction of sp³-hybridized carbons (Fsp3) is 0.267. The molecule has 1 aromatic carbocycles. The van der Waals surface area contributed by atoms with Crippen LogP contribution in [0.25, 0.3) is 0 Å². The molecule has 1 heterocycles. The molecule has 0 amide bonds. The average molecular weight is 284 g/mol. The van der Waals surface area contributed by atoms with Crippen molar-refractivity contribution in [3.8, 4) is 6.07 Å². The van der Waals surface area contributed by atoms with Crippen LogP contribution in [0.1, 0.15) is 34.1 Å². The molecular weight excluding hydrogens is 268 g/mol. The summed E-state index contributed by atoms with van der Waals surface area (Å²) in [5.74, 6) is -0.0392. The summed E-state index contributed by atoms with van der Waals surface area (Å²) < 4.78 is 6.51. The molecule has 0 saturated carbocycles. The van der Waals surface area contributed by atoms with Gasteiger partial charge in [0.15, 0.2) is 5.69 Å². The van der Waals surface area contributed by atoms with Crippen molar-refractivity contribution < 1.29 is 9.53 Å². The van der Waals surface area contributed by atoms with E-state index in [0.717, 1.165) is 5.56 Å². The number of nitrogens with zero attached hydrogens (tertiary/aromatic N) is 3. The maximum Gasteiger partial charge on any atom is 0.359 e. The third-order valence-electron chi connectivity index (χ3n) is 3.12. The molecule has 0 bridgehead atoms. The number of ether oxygens (including phenoxy) is 1. The summed E-state index contributed by atoms with van der Waals surface area (Å²) in [4.78, 5) is 11.8. The maximum atomic E-state index is 11.8. The van der Waals surface area contributed by atoms with E-state index in [9.17, 15) is 4.79 Å². The van der Waals surface area contributed by atoms with Crippen molar-refractivity contribution in [3.63, 3.8) is 0 Å². The van der Waals surface area contributed by atoms with E-state index in [-0.39, 0.29) is 5.69 Å². The van der Waals surface area contributed by atoms with Crippen molar-refractivity contribution in [1.82, 2.24) is 9.78 Å². The maximum absolute atomic E-state index is 11.8. The predicted octanol–water partition coefficient (Wildman–Crippen LogP) is 1.87. The van der Waals surface area contributed by atoms with Gasteiger partial charge in [-0.2, -0.15) is 10.4 Å². The predicted molar refractivity (Wildman–Crippen MR) is 77.6 cm³/mol. The molecule has 0 fully saturated rings. The van der Waals surface area contributed by atoms with Crippen molar-refractivity contribution >= 4 is 11.8 Å². The smallest absolute Gasteiger partial charge is 0.359 e. The summed E-state index contributed by atoms with van der Waals surface area (Å²) in [5.41, 5.74) is 8.37. The molecule has 108 valence electrons. The molecule has 6 nitrogen and oxygen atoms in total. The molecule has 0 aliphatic rings. The second-order valence-corrected chi connectivity index (χ2v) is 4.55. The molecule has 6 heteroatoms. The lowest BCUT2D eigenvalue weighted by atomic mass is 10.1. The first-order valence-electron chi connectivity index (χ1n) is 6.55. The first kappa shape index (κ1) is 14.6. The Morgan fingerprint density at radius 2 is 2.10 bits per heavy atom. The van der Waals surface area contributed by atoms with Crippen LogP contribution in [0.3, 0.4) is 0 Å². The number of benzene rings is 1. The first-order chi connectivity index (χ1) is 10.1. The van der Waals surface area contributed by atoms with Crippen molar-refractivity contribution in [2.45, 2.75) is 20.4 Å². The van der Waals surface area contributed by atoms with E-state index in [1.807, 2.05) is 12.1 Å². The van der Waals surface area contributed by atoms with Crippen LogP contribution < -0.4 is 5.73 Å². The van der Waals surface area contributed by atoms with Crippen LogP contribution in [0.2, 0.25) is 0 Å². The van der Waals surface area contributed by atoms with Gasteiger partial charge in [-0.25, -0.2) is 9.48 Å². The lowest BCUT2D eigenvalue weighted by Gasteiger charge is -2.04. The van der Waals surface area contributed by atoms with Gasteiger partial charge in [0, 0.05) is 5.56 Å². The Bertz CT molecular complexity index is 696. The van der Waals surface area contributed by atoms with Gasteiger partial charge in [0.25, 0.3) is 0 Å². The molecule has 0 unspecified atom stereocenters. The summed E-state index contributed by atoms with van der Waals surface area (Å²) >= 11 is 0. The van der Waals surface area contributed by atoms with Crippen LogP contribution in [0.5, 0.6) is 0 Å². The van der Waals surface area contributed by atoms with Crippen LogP contribution in [-0.2, 0) is 11.3 Å². The summed E-state index contributed by atoms with van der Waals surface area (Å²) in [5, 5.41) is 13.0. The highest BCUT2D eigenvalue weighted by Gasteiger charge is 2.19. The third-order valence-corrected chi connectivity index (χ3v) is 3.12. The Morgan fingerprint density at radius 3 is 2.67 bits per heavy atom. The largest absolute Gasteiger partial charge is 0.461 e. The minimum Gasteiger partial charge on any atom is -0.461 e. The number of hydrogen-bond acceptors (Lipinski definition) is 5. The highest BCUT2D eigenvalue weighted by Crippen LogP contribution is 2.18. The Kier molecular flexibility index (Phi) is 4.24. The molecule has 0 aliphatic carbocycles. The molecule has 0 aliphatic heterocycles. The molecule has 1 aromatic heterocycles. The monoisotopic (exact) mass is 284 g/mol. The van der Waals surface area contributed by atoms with E-state index in [1.165, 1.54) is 0 Å². The van der Waals surface area contributed by atoms with Gasteiger partial charge in [-0.1, -0.05) is 12.1 Å². The Hall–Kier alpha value is -2.81. The SMILES string of the molecule is CCOC(=O)c1nn(Cc2ccc(C#N)cc2)c(N)c1C. The lowest BCUT2D eigenvalue weighted by molar-refractivity contribution is 0.0517. The highest BCUT2D eigenvalue weighted by molar-refractivity contribution is 5.90. The lowest BCUT2D eigenvalue weighted by Crippen LogP contribution is -2.09. The van der Waals surface area contributed by atoms with Gasteiger partial charge in [-0.3, -0.25) is 0 Å². The summed E-state index contributed by atoms with van der Waals surface area (Å²) in [6, 6.07) is 9.19. The Labute approximate surface area is 122 Å². The van der Waals surface area contributed by atoms with E-state index < -0.39 is 5.97 Å². The number of aromatic nitrogens is 2. The highest BCUT2D eigenvalue weighted by atomic mass is 16.5. The number of anilines is 1. The Balaban J connectivity index is 2.26. The van der Waals surface area contributed by atoms with Gasteiger partial charge in [-0.05, 0) is 31.5 Å². The molecule has 2 aromatic rings. The molecule has 0 saturated heterocycles. The van der Waals surface area contributed by atoms with Gasteiger partial charge in [0.05, 0.1) is 24.8 Å². The second kappa shape index (κ2) is 6.09. The second-order valence-electron chi connectivity index (χ2n) is 4.55. The van der Waals surface area contributed by atoms with E-state index >= 15 is 0 Å². The summed E-state index contributed by atoms with van der Waals surface area (Å²) in [7, 11) is 0. The van der Waals surface area contributed by atoms with Crippen LogP contribution in [0, 0.1) is 18.3 Å². The molecule has 2 N–H and O–H groups in total. The van der Waals surface area contributed by atoms with Crippen molar-refractivity contribution in [3.05, 3.63) is 46.6 Å². The minimum atomic E-state index is -0.472. The van der Waals surface area contributed by atoms with Gasteiger partial charge in [0.1, 0.15) is 5.82 Å². The molecule has 0 spiro atoms. The molecule has 2 rings (SSSR count). The van der Waals surface area contributed by atoms with E-state index in [1.54, 1.807) is 30.7 Å². The van der Waals surface area contributed by atoms with Crippen LogP contribution in [0.15, 0.2) is 24.3 Å². The topological polar surface area (TPSA) is 93.9 Å². The number of rotatable bonds is 4. The van der Waals surface area contributed by atoms with Gasteiger partial charge in [-0.15, -0.1) is 0 Å². The zero-order valence-electron chi connectivity index (χ0n) is 12.0. The summed E-state index contributed by atoms with van der Waals surface area (Å²) in [6.07, 6.45) is 0. The number of nitrogens with two attached hydrogens (primary N) is 1. The van der Waals surface area contributed by atoms with Crippen LogP contribution in [-0.4, -0.2) is 22.4 Å². The zero-order chi connectivity index (χ0) is 15.4. The van der Waals surface area contributed by atoms with Crippen molar-refractivity contribution in [1.29, 1.82) is 5.26 Å². The summed E-state index contributed by atoms with van der Waals surface area (Å²) in [6.45, 7) is 4.20. The van der Waals surface area contributed by atoms with Crippen LogP contribution in [0.4, 0.5) is 5.82 Å².